The zero-order chi connectivity index (χ0) is 12.1. The molecule has 0 aliphatic carbocycles. The minimum Gasteiger partial charge on any atom is -0.525 e. The lowest BCUT2D eigenvalue weighted by Gasteiger charge is -2.08. The quantitative estimate of drug-likeness (QED) is 0.750. The first-order valence-corrected chi connectivity index (χ1v) is 5.25. The van der Waals surface area contributed by atoms with E-state index in [0.717, 1.165) is 11.4 Å². The number of hydrogen-bond acceptors (Lipinski definition) is 4. The molecule has 1 radical (unpaired) electrons. The highest BCUT2D eigenvalue weighted by atomic mass is 16.6. The van der Waals surface area contributed by atoms with Crippen LogP contribution in [-0.4, -0.2) is 17.7 Å². The Hall–Kier alpha value is -2.04. The average molecular weight is 227 g/mol. The van der Waals surface area contributed by atoms with Crippen molar-refractivity contribution in [3.05, 3.63) is 48.0 Å². The first-order chi connectivity index (χ1) is 8.27. The van der Waals surface area contributed by atoms with Gasteiger partial charge < -0.3 is 9.31 Å². The Morgan fingerprint density at radius 2 is 1.35 bits per heavy atom. The molecule has 0 N–H and O–H groups in total. The lowest BCUT2D eigenvalue weighted by molar-refractivity contribution is 0.452. The zero-order valence-corrected chi connectivity index (χ0v) is 9.75. The van der Waals surface area contributed by atoms with Gasteiger partial charge in [0.25, 0.3) is 0 Å². The third kappa shape index (κ3) is 2.97. The van der Waals surface area contributed by atoms with E-state index in [1.54, 1.807) is 12.4 Å². The fraction of sp³-hybridized carbons (Fsp3) is 0.167. The molecule has 0 spiro atoms. The van der Waals surface area contributed by atoms with Crippen molar-refractivity contribution in [2.75, 3.05) is 0 Å². The molecule has 2 heterocycles. The number of nitrogens with zero attached hydrogens (tertiary/aromatic N) is 2. The van der Waals surface area contributed by atoms with Gasteiger partial charge in [-0.3, -0.25) is 9.97 Å². The van der Waals surface area contributed by atoms with Crippen LogP contribution in [0.5, 0.6) is 11.5 Å². The van der Waals surface area contributed by atoms with E-state index in [1.807, 2.05) is 38.1 Å². The van der Waals surface area contributed by atoms with Crippen molar-refractivity contribution in [3.8, 4) is 11.5 Å². The fourth-order valence-corrected chi connectivity index (χ4v) is 1.32. The van der Waals surface area contributed by atoms with E-state index in [-0.39, 0.29) is 0 Å². The van der Waals surface area contributed by atoms with Crippen molar-refractivity contribution in [1.29, 1.82) is 0 Å². The van der Waals surface area contributed by atoms with Crippen LogP contribution in [0.15, 0.2) is 36.7 Å². The molecule has 4 nitrogen and oxygen atoms in total. The van der Waals surface area contributed by atoms with E-state index < -0.39 is 0 Å². The van der Waals surface area contributed by atoms with Gasteiger partial charge in [0.15, 0.2) is 0 Å². The predicted molar refractivity (Wildman–Crippen MR) is 65.0 cm³/mol. The number of pyridine rings is 2. The van der Waals surface area contributed by atoms with Crippen LogP contribution in [0.4, 0.5) is 0 Å². The minimum atomic E-state index is 0.675. The molecule has 0 aromatic carbocycles. The SMILES string of the molecule is Cc1ncccc1O[B]Oc1cccnc1C. The highest BCUT2D eigenvalue weighted by Crippen LogP contribution is 2.15. The van der Waals surface area contributed by atoms with E-state index >= 15 is 0 Å². The number of hydrogen-bond donors (Lipinski definition) is 0. The normalized spacial score (nSPS) is 9.76. The Morgan fingerprint density at radius 3 is 1.76 bits per heavy atom. The maximum atomic E-state index is 5.36. The van der Waals surface area contributed by atoms with Crippen molar-refractivity contribution in [1.82, 2.24) is 9.97 Å². The molecule has 0 unspecified atom stereocenters. The fourth-order valence-electron chi connectivity index (χ4n) is 1.32. The molecule has 0 aliphatic rings. The predicted octanol–water partition coefficient (Wildman–Crippen LogP) is 2.09. The molecule has 0 saturated carbocycles. The third-order valence-electron chi connectivity index (χ3n) is 2.27. The van der Waals surface area contributed by atoms with Crippen LogP contribution in [0.1, 0.15) is 11.4 Å². The summed E-state index contributed by atoms with van der Waals surface area (Å²) in [5.41, 5.74) is 1.63. The molecule has 0 bridgehead atoms. The number of aromatic nitrogens is 2. The molecular weight excluding hydrogens is 215 g/mol. The Balaban J connectivity index is 1.93. The number of aryl methyl sites for hydroxylation is 2. The van der Waals surface area contributed by atoms with Gasteiger partial charge in [-0.1, -0.05) is 0 Å². The van der Waals surface area contributed by atoms with Gasteiger partial charge in [-0.25, -0.2) is 0 Å². The first kappa shape index (κ1) is 11.5. The summed E-state index contributed by atoms with van der Waals surface area (Å²) in [7, 11) is 1.29. The lowest BCUT2D eigenvalue weighted by Crippen LogP contribution is -2.12. The van der Waals surface area contributed by atoms with Crippen LogP contribution >= 0.6 is 0 Å². The van der Waals surface area contributed by atoms with Gasteiger partial charge in [0, 0.05) is 12.4 Å². The molecule has 0 atom stereocenters. The molecule has 2 aromatic heterocycles. The maximum absolute atomic E-state index is 5.36. The summed E-state index contributed by atoms with van der Waals surface area (Å²) in [6.45, 7) is 3.75. The Labute approximate surface area is 101 Å². The molecular formula is C12H12BN2O2. The smallest absolute Gasteiger partial charge is 0.525 e. The molecule has 85 valence electrons. The lowest BCUT2D eigenvalue weighted by atomic mass is 10.3. The van der Waals surface area contributed by atoms with Crippen LogP contribution in [-0.2, 0) is 0 Å². The van der Waals surface area contributed by atoms with Crippen molar-refractivity contribution in [3.63, 3.8) is 0 Å². The van der Waals surface area contributed by atoms with Gasteiger partial charge in [-0.15, -0.1) is 0 Å². The largest absolute Gasteiger partial charge is 0.658 e. The minimum absolute atomic E-state index is 0.675. The van der Waals surface area contributed by atoms with Crippen molar-refractivity contribution < 1.29 is 9.31 Å². The highest BCUT2D eigenvalue weighted by molar-refractivity contribution is 6.20. The zero-order valence-electron chi connectivity index (χ0n) is 9.75. The summed E-state index contributed by atoms with van der Waals surface area (Å²) in [5, 5.41) is 0. The molecule has 5 heteroatoms. The molecule has 17 heavy (non-hydrogen) atoms. The van der Waals surface area contributed by atoms with Crippen molar-refractivity contribution >= 4 is 7.69 Å². The van der Waals surface area contributed by atoms with Crippen LogP contribution in [0.3, 0.4) is 0 Å². The monoisotopic (exact) mass is 227 g/mol. The standard InChI is InChI=1S/C12H12BN2O2/c1-9-11(5-3-7-14-9)16-13-17-12-6-4-8-15-10(12)2/h3-8H,1-2H3. The molecule has 0 amide bonds. The second-order valence-corrected chi connectivity index (χ2v) is 3.51. The van der Waals surface area contributed by atoms with Crippen LogP contribution in [0.25, 0.3) is 0 Å². The van der Waals surface area contributed by atoms with E-state index in [1.165, 1.54) is 7.69 Å². The maximum Gasteiger partial charge on any atom is 0.658 e. The van der Waals surface area contributed by atoms with Crippen LogP contribution in [0, 0.1) is 13.8 Å². The number of rotatable bonds is 4. The highest BCUT2D eigenvalue weighted by Gasteiger charge is 2.06. The summed E-state index contributed by atoms with van der Waals surface area (Å²) < 4.78 is 10.7. The summed E-state index contributed by atoms with van der Waals surface area (Å²) >= 11 is 0. The van der Waals surface area contributed by atoms with Gasteiger partial charge in [0.1, 0.15) is 11.5 Å². The van der Waals surface area contributed by atoms with Gasteiger partial charge in [-0.2, -0.15) is 0 Å². The summed E-state index contributed by atoms with van der Waals surface area (Å²) in [5.74, 6) is 1.35. The Bertz CT molecular complexity index is 460. The first-order valence-electron chi connectivity index (χ1n) is 5.25. The van der Waals surface area contributed by atoms with E-state index in [4.69, 9.17) is 9.31 Å². The van der Waals surface area contributed by atoms with E-state index in [0.29, 0.717) is 11.5 Å². The summed E-state index contributed by atoms with van der Waals surface area (Å²) in [6, 6.07) is 7.29. The average Bonchev–Trinajstić information content (AvgIpc) is 2.34. The van der Waals surface area contributed by atoms with E-state index in [9.17, 15) is 0 Å². The molecule has 0 fully saturated rings. The van der Waals surface area contributed by atoms with Gasteiger partial charge >= 0.3 is 7.69 Å². The molecule has 2 rings (SSSR count). The molecule has 0 saturated heterocycles. The van der Waals surface area contributed by atoms with Crippen molar-refractivity contribution in [2.45, 2.75) is 13.8 Å². The van der Waals surface area contributed by atoms with Gasteiger partial charge in [-0.05, 0) is 38.1 Å². The second kappa shape index (κ2) is 5.34. The van der Waals surface area contributed by atoms with Crippen molar-refractivity contribution in [2.24, 2.45) is 0 Å². The van der Waals surface area contributed by atoms with Crippen LogP contribution in [0.2, 0.25) is 0 Å². The summed E-state index contributed by atoms with van der Waals surface area (Å²) in [4.78, 5) is 8.22. The third-order valence-corrected chi connectivity index (χ3v) is 2.27. The molecule has 0 aliphatic heterocycles. The Kier molecular flexibility index (Phi) is 3.60. The summed E-state index contributed by atoms with van der Waals surface area (Å²) in [6.07, 6.45) is 3.43. The Morgan fingerprint density at radius 1 is 0.882 bits per heavy atom. The van der Waals surface area contributed by atoms with Gasteiger partial charge in [0.2, 0.25) is 0 Å². The van der Waals surface area contributed by atoms with Crippen LogP contribution < -0.4 is 9.31 Å². The topological polar surface area (TPSA) is 44.2 Å². The van der Waals surface area contributed by atoms with Gasteiger partial charge in [0.05, 0.1) is 11.4 Å². The molecule has 2 aromatic rings. The second-order valence-electron chi connectivity index (χ2n) is 3.51. The van der Waals surface area contributed by atoms with E-state index in [2.05, 4.69) is 9.97 Å².